The van der Waals surface area contributed by atoms with E-state index in [1.54, 1.807) is 17.4 Å². The van der Waals surface area contributed by atoms with Gasteiger partial charge in [0.25, 0.3) is 0 Å². The number of fused-ring (bicyclic) bond motifs is 2. The second-order valence-corrected chi connectivity index (χ2v) is 9.36. The summed E-state index contributed by atoms with van der Waals surface area (Å²) in [4.78, 5) is 21.3. The average Bonchev–Trinajstić information content (AvgIpc) is 3.45. The Morgan fingerprint density at radius 2 is 2.13 bits per heavy atom. The van der Waals surface area contributed by atoms with E-state index in [0.717, 1.165) is 41.4 Å². The number of thiazole rings is 1. The monoisotopic (exact) mass is 446 g/mol. The van der Waals surface area contributed by atoms with Crippen LogP contribution in [0.3, 0.4) is 0 Å². The highest BCUT2D eigenvalue weighted by Crippen LogP contribution is 2.36. The molecule has 1 N–H and O–H groups in total. The molecular weight excluding hydrogens is 424 g/mol. The number of ether oxygens (including phenoxy) is 2. The molecule has 0 saturated carbocycles. The van der Waals surface area contributed by atoms with Crippen LogP contribution in [0.1, 0.15) is 35.4 Å². The second kappa shape index (κ2) is 8.09. The van der Waals surface area contributed by atoms with Gasteiger partial charge in [0, 0.05) is 47.4 Å². The van der Waals surface area contributed by atoms with Gasteiger partial charge in [0.2, 0.25) is 12.7 Å². The Hall–Kier alpha value is -2.29. The minimum absolute atomic E-state index is 0.214. The first kappa shape index (κ1) is 19.7. The average molecular weight is 447 g/mol. The molecule has 4 heterocycles. The third kappa shape index (κ3) is 3.87. The van der Waals surface area contributed by atoms with Crippen molar-refractivity contribution in [1.29, 1.82) is 0 Å². The van der Waals surface area contributed by atoms with Gasteiger partial charge in [-0.05, 0) is 37.9 Å². The standard InChI is InChI=1S/C21H23ClN4O3S/c1-13-9-25-10-15(24-21(25)30-13)11-26-16(2-3-20(26)27)4-5-23-8-14-6-18-19(7-17(14)22)29-12-28-18/h6-7,9-10,16,23H,2-5,8,11-12H2,1H3/t16-/m0/s1. The molecule has 30 heavy (non-hydrogen) atoms. The largest absolute Gasteiger partial charge is 0.454 e. The number of likely N-dealkylation sites (tertiary alicyclic amines) is 1. The lowest BCUT2D eigenvalue weighted by molar-refractivity contribution is -0.129. The van der Waals surface area contributed by atoms with Gasteiger partial charge in [0.15, 0.2) is 16.5 Å². The van der Waals surface area contributed by atoms with E-state index in [1.165, 1.54) is 4.88 Å². The van der Waals surface area contributed by atoms with Crippen LogP contribution in [0.15, 0.2) is 24.5 Å². The highest BCUT2D eigenvalue weighted by molar-refractivity contribution is 7.16. The zero-order valence-corrected chi connectivity index (χ0v) is 18.3. The van der Waals surface area contributed by atoms with E-state index in [0.29, 0.717) is 30.3 Å². The van der Waals surface area contributed by atoms with Gasteiger partial charge in [-0.1, -0.05) is 11.6 Å². The van der Waals surface area contributed by atoms with Gasteiger partial charge >= 0.3 is 0 Å². The molecule has 0 aliphatic carbocycles. The van der Waals surface area contributed by atoms with Crippen LogP contribution in [0.2, 0.25) is 5.02 Å². The molecule has 1 saturated heterocycles. The fourth-order valence-electron chi connectivity index (χ4n) is 4.11. The molecule has 0 radical (unpaired) electrons. The summed E-state index contributed by atoms with van der Waals surface area (Å²) in [6.45, 7) is 4.33. The van der Waals surface area contributed by atoms with Crippen molar-refractivity contribution in [3.8, 4) is 11.5 Å². The Bertz CT molecular complexity index is 1060. The number of aryl methyl sites for hydroxylation is 1. The van der Waals surface area contributed by atoms with Gasteiger partial charge in [-0.3, -0.25) is 9.20 Å². The molecule has 2 aliphatic rings. The molecule has 0 spiro atoms. The van der Waals surface area contributed by atoms with Crippen LogP contribution >= 0.6 is 22.9 Å². The molecule has 2 aromatic heterocycles. The maximum absolute atomic E-state index is 12.4. The predicted molar refractivity (Wildman–Crippen MR) is 115 cm³/mol. The lowest BCUT2D eigenvalue weighted by atomic mass is 10.1. The SMILES string of the molecule is Cc1cn2cc(CN3C(=O)CC[C@H]3CCNCc3cc4c(cc3Cl)OCO4)nc2s1. The van der Waals surface area contributed by atoms with Crippen LogP contribution in [0.4, 0.5) is 0 Å². The molecule has 158 valence electrons. The van der Waals surface area contributed by atoms with Gasteiger partial charge in [-0.15, -0.1) is 11.3 Å². The summed E-state index contributed by atoms with van der Waals surface area (Å²) in [6, 6.07) is 3.96. The van der Waals surface area contributed by atoms with Crippen molar-refractivity contribution in [1.82, 2.24) is 19.6 Å². The van der Waals surface area contributed by atoms with Crippen LogP contribution in [-0.2, 0) is 17.9 Å². The van der Waals surface area contributed by atoms with Crippen LogP contribution < -0.4 is 14.8 Å². The maximum atomic E-state index is 12.4. The van der Waals surface area contributed by atoms with Crippen molar-refractivity contribution < 1.29 is 14.3 Å². The number of nitrogens with zero attached hydrogens (tertiary/aromatic N) is 3. The molecule has 7 nitrogen and oxygen atoms in total. The van der Waals surface area contributed by atoms with Crippen LogP contribution in [0, 0.1) is 6.92 Å². The Kier molecular flexibility index (Phi) is 5.30. The summed E-state index contributed by atoms with van der Waals surface area (Å²) in [6.07, 6.45) is 6.51. The number of amides is 1. The number of rotatable bonds is 7. The summed E-state index contributed by atoms with van der Waals surface area (Å²) in [5.74, 6) is 1.64. The number of benzene rings is 1. The van der Waals surface area contributed by atoms with Crippen molar-refractivity contribution in [3.63, 3.8) is 0 Å². The first-order chi connectivity index (χ1) is 14.6. The Morgan fingerprint density at radius 1 is 1.30 bits per heavy atom. The van der Waals surface area contributed by atoms with Crippen LogP contribution in [0.25, 0.3) is 4.96 Å². The lowest BCUT2D eigenvalue weighted by Crippen LogP contribution is -2.34. The molecule has 1 atom stereocenters. The van der Waals surface area contributed by atoms with Gasteiger partial charge in [0.1, 0.15) is 0 Å². The van der Waals surface area contributed by atoms with Crippen LogP contribution in [0.5, 0.6) is 11.5 Å². The van der Waals surface area contributed by atoms with E-state index in [2.05, 4.69) is 23.4 Å². The zero-order valence-electron chi connectivity index (χ0n) is 16.7. The number of carbonyl (C=O) groups is 1. The smallest absolute Gasteiger partial charge is 0.231 e. The third-order valence-electron chi connectivity index (χ3n) is 5.62. The lowest BCUT2D eigenvalue weighted by Gasteiger charge is -2.24. The zero-order chi connectivity index (χ0) is 20.7. The van der Waals surface area contributed by atoms with Crippen molar-refractivity contribution >= 4 is 33.8 Å². The summed E-state index contributed by atoms with van der Waals surface area (Å²) in [5.41, 5.74) is 1.93. The number of nitrogens with one attached hydrogen (secondary N) is 1. The number of halogens is 1. The highest BCUT2D eigenvalue weighted by atomic mass is 35.5. The molecule has 9 heteroatoms. The maximum Gasteiger partial charge on any atom is 0.231 e. The number of carbonyl (C=O) groups excluding carboxylic acids is 1. The van der Waals surface area contributed by atoms with Gasteiger partial charge < -0.3 is 19.7 Å². The quantitative estimate of drug-likeness (QED) is 0.560. The number of hydrogen-bond acceptors (Lipinski definition) is 6. The fourth-order valence-corrected chi connectivity index (χ4v) is 5.16. The van der Waals surface area contributed by atoms with E-state index in [9.17, 15) is 4.79 Å². The summed E-state index contributed by atoms with van der Waals surface area (Å²) >= 11 is 8.01. The summed E-state index contributed by atoms with van der Waals surface area (Å²) < 4.78 is 12.8. The van der Waals surface area contributed by atoms with E-state index in [-0.39, 0.29) is 18.7 Å². The molecule has 0 bridgehead atoms. The Morgan fingerprint density at radius 3 is 2.97 bits per heavy atom. The minimum atomic E-state index is 0.214. The molecular formula is C21H23ClN4O3S. The predicted octanol–water partition coefficient (Wildman–Crippen LogP) is 3.76. The van der Waals surface area contributed by atoms with E-state index < -0.39 is 0 Å². The molecule has 0 unspecified atom stereocenters. The topological polar surface area (TPSA) is 68.1 Å². The summed E-state index contributed by atoms with van der Waals surface area (Å²) in [5, 5.41) is 4.11. The number of imidazole rings is 1. The fraction of sp³-hybridized carbons (Fsp3) is 0.429. The molecule has 1 fully saturated rings. The highest BCUT2D eigenvalue weighted by Gasteiger charge is 2.31. The van der Waals surface area contributed by atoms with Gasteiger partial charge in [0.05, 0.1) is 12.2 Å². The molecule has 2 aliphatic heterocycles. The number of hydrogen-bond donors (Lipinski definition) is 1. The Labute approximate surface area is 183 Å². The van der Waals surface area contributed by atoms with Crippen molar-refractivity contribution in [2.75, 3.05) is 13.3 Å². The van der Waals surface area contributed by atoms with Crippen molar-refractivity contribution in [2.45, 2.75) is 45.3 Å². The van der Waals surface area contributed by atoms with E-state index >= 15 is 0 Å². The molecule has 1 amide bonds. The number of aromatic nitrogens is 2. The molecule has 3 aromatic rings. The van der Waals surface area contributed by atoms with E-state index in [1.807, 2.05) is 21.6 Å². The molecule has 1 aromatic carbocycles. The van der Waals surface area contributed by atoms with E-state index in [4.69, 9.17) is 21.1 Å². The second-order valence-electron chi connectivity index (χ2n) is 7.74. The normalized spacial score (nSPS) is 18.1. The Balaban J connectivity index is 1.16. The summed E-state index contributed by atoms with van der Waals surface area (Å²) in [7, 11) is 0. The van der Waals surface area contributed by atoms with Crippen molar-refractivity contribution in [3.05, 3.63) is 45.7 Å². The first-order valence-electron chi connectivity index (χ1n) is 10.1. The van der Waals surface area contributed by atoms with Gasteiger partial charge in [-0.25, -0.2) is 4.98 Å². The molecule has 5 rings (SSSR count). The third-order valence-corrected chi connectivity index (χ3v) is 6.88. The van der Waals surface area contributed by atoms with Gasteiger partial charge in [-0.2, -0.15) is 0 Å². The van der Waals surface area contributed by atoms with Crippen LogP contribution in [-0.4, -0.2) is 39.6 Å². The minimum Gasteiger partial charge on any atom is -0.454 e. The first-order valence-corrected chi connectivity index (χ1v) is 11.3. The van der Waals surface area contributed by atoms with Crippen molar-refractivity contribution in [2.24, 2.45) is 0 Å².